The number of rotatable bonds is 26. The number of unbranched alkanes of at least 4 members (excludes halogenated alkanes) is 2. The summed E-state index contributed by atoms with van der Waals surface area (Å²) in [6.45, 7) is 26.1. The third kappa shape index (κ3) is 36.4. The molecule has 10 atom stereocenters. The third-order valence-electron chi connectivity index (χ3n) is 11.0. The van der Waals surface area contributed by atoms with Crippen LogP contribution in [0.1, 0.15) is 107 Å². The number of nitrogens with one attached hydrogen (secondary N) is 2. The van der Waals surface area contributed by atoms with Crippen LogP contribution in [0.4, 0.5) is 0 Å². The molecule has 0 saturated carbocycles. The molecular formula is C39H104N4O12Si10Y2-4. The van der Waals surface area contributed by atoms with Gasteiger partial charge in [0.05, 0.1) is 0 Å². The van der Waals surface area contributed by atoms with Crippen LogP contribution in [0.15, 0.2) is 0 Å². The van der Waals surface area contributed by atoms with Crippen molar-refractivity contribution in [2.45, 2.75) is 184 Å². The van der Waals surface area contributed by atoms with Crippen LogP contribution in [0.5, 0.6) is 0 Å². The van der Waals surface area contributed by atoms with Crippen LogP contribution < -0.4 is 11.5 Å². The molecule has 0 aromatic carbocycles. The first kappa shape index (κ1) is 79.6. The summed E-state index contributed by atoms with van der Waals surface area (Å²) in [5.41, 5.74) is 29.4. The third-order valence-corrected chi connectivity index (χ3v) is 51.7. The molecule has 0 aromatic rings. The van der Waals surface area contributed by atoms with Crippen LogP contribution in [-0.2, 0) is 108 Å². The van der Waals surface area contributed by atoms with Gasteiger partial charge in [0, 0.05) is 118 Å². The quantitative estimate of drug-likeness (QED) is 0.0492. The molecule has 28 heteroatoms. The number of hydrogen-bond donors (Lipinski definition) is 4. The molecule has 2 aliphatic rings. The summed E-state index contributed by atoms with van der Waals surface area (Å²) in [5.74, 6) is 0. The van der Waals surface area contributed by atoms with Gasteiger partial charge in [-0.05, 0) is 79.2 Å². The van der Waals surface area contributed by atoms with Crippen molar-refractivity contribution in [1.29, 1.82) is 0 Å². The fourth-order valence-electron chi connectivity index (χ4n) is 6.47. The van der Waals surface area contributed by atoms with Gasteiger partial charge in [-0.2, -0.15) is 25.9 Å². The van der Waals surface area contributed by atoms with Crippen LogP contribution >= 0.6 is 0 Å². The fourth-order valence-corrected chi connectivity index (χ4v) is 53.5. The second-order valence-corrected chi connectivity index (χ2v) is 49.0. The van der Waals surface area contributed by atoms with Crippen LogP contribution in [0.3, 0.4) is 0 Å². The molecule has 8 N–H and O–H groups in total. The molecule has 2 saturated heterocycles. The van der Waals surface area contributed by atoms with Crippen molar-refractivity contribution in [3.63, 3.8) is 0 Å². The first-order valence-corrected chi connectivity index (χ1v) is 45.5. The first-order valence-electron chi connectivity index (χ1n) is 25.0. The summed E-state index contributed by atoms with van der Waals surface area (Å²) in [4.78, 5) is 18.3. The van der Waals surface area contributed by atoms with Crippen molar-refractivity contribution in [1.82, 2.24) is 0 Å². The standard InChI is InChI=1S/C13H36N2O5Si4.C13H34N2O5Si4.C5H16O2Si2.2C4H9.2Y/c2*1-5-21-13-22(6-2)19-24(17-4,12-8-10-15)20-23(16-3,18-21)11-7-9-14;1-3-8(6)5-9(7)4-2;2*1-3-4-2;;/h21-22H,5-15H2,1-4H3;14-15,21-22H,5-13H2,1-4H3;6-9H,3-5H2,1-2H3;2*1,3-4H2,2H3;;/q;-2;;2*-1;;. The van der Waals surface area contributed by atoms with Crippen molar-refractivity contribution < 1.29 is 117 Å². The van der Waals surface area contributed by atoms with Crippen LogP contribution in [0, 0.1) is 13.8 Å². The van der Waals surface area contributed by atoms with Gasteiger partial charge in [-0.25, -0.2) is 0 Å². The molecule has 2 heterocycles. The van der Waals surface area contributed by atoms with E-state index in [1.54, 1.807) is 28.4 Å². The van der Waals surface area contributed by atoms with Gasteiger partial charge >= 0.3 is 35.2 Å². The Labute approximate surface area is 477 Å². The zero-order valence-electron chi connectivity index (χ0n) is 44.8. The smallest absolute Gasteiger partial charge is 0.482 e. The van der Waals surface area contributed by atoms with E-state index in [1.165, 1.54) is 12.8 Å². The molecule has 0 aromatic heterocycles. The van der Waals surface area contributed by atoms with Gasteiger partial charge in [0.1, 0.15) is 0 Å². The van der Waals surface area contributed by atoms with Crippen molar-refractivity contribution in [2.75, 3.05) is 54.6 Å². The minimum atomic E-state index is -2.88. The van der Waals surface area contributed by atoms with Gasteiger partial charge in [-0.3, -0.25) is 0 Å². The average molecular weight is 1280 g/mol. The Bertz CT molecular complexity index is 939. The molecule has 0 aliphatic carbocycles. The van der Waals surface area contributed by atoms with E-state index in [0.29, 0.717) is 51.1 Å². The van der Waals surface area contributed by atoms with Crippen molar-refractivity contribution in [2.24, 2.45) is 11.5 Å². The van der Waals surface area contributed by atoms with Crippen molar-refractivity contribution >= 4 is 89.5 Å². The molecule has 0 amide bonds. The SMILES string of the molecule is CC[SiH](O)C[SiH](O)CC.CC[SiH]1C[SiH](CC)O[Si](CCCN)(OC)O[Si](CCCN)(OC)O1.CC[SiH]1C[SiH](CC)O[Si](CCC[NH-])(OC)O[Si](CCC[NH-])(OC)O1.[CH2-]CCC.[CH2-]CCC.[Y].[Y]. The van der Waals surface area contributed by atoms with Gasteiger partial charge in [-0.1, -0.05) is 81.1 Å². The van der Waals surface area contributed by atoms with Gasteiger partial charge in [0.2, 0.25) is 0 Å². The Morgan fingerprint density at radius 2 is 0.761 bits per heavy atom. The molecule has 0 spiro atoms. The maximum Gasteiger partial charge on any atom is 0.482 e. The molecule has 0 bridgehead atoms. The summed E-state index contributed by atoms with van der Waals surface area (Å²) < 4.78 is 62.9. The summed E-state index contributed by atoms with van der Waals surface area (Å²) in [5, 5.41) is 0. The molecule has 402 valence electrons. The number of hydrogen-bond acceptors (Lipinski definition) is 14. The Morgan fingerprint density at radius 3 is 0.925 bits per heavy atom. The van der Waals surface area contributed by atoms with E-state index in [4.69, 9.17) is 65.3 Å². The Balaban J connectivity index is -0.000000279. The maximum absolute atomic E-state index is 9.17. The van der Waals surface area contributed by atoms with E-state index in [0.717, 1.165) is 91.0 Å². The fraction of sp³-hybridized carbons (Fsp3) is 0.949. The molecule has 2 aliphatic heterocycles. The van der Waals surface area contributed by atoms with Gasteiger partial charge < -0.3 is 88.8 Å². The van der Waals surface area contributed by atoms with E-state index >= 15 is 0 Å². The Kier molecular flexibility index (Phi) is 60.1. The van der Waals surface area contributed by atoms with Gasteiger partial charge in [0.25, 0.3) is 0 Å². The minimum Gasteiger partial charge on any atom is -0.677 e. The molecule has 16 nitrogen and oxygen atoms in total. The molecule has 10 unspecified atom stereocenters. The van der Waals surface area contributed by atoms with Crippen LogP contribution in [0.25, 0.3) is 11.5 Å². The maximum atomic E-state index is 9.17. The molecule has 67 heavy (non-hydrogen) atoms. The van der Waals surface area contributed by atoms with E-state index < -0.39 is 89.5 Å². The van der Waals surface area contributed by atoms with E-state index in [9.17, 15) is 9.59 Å². The Morgan fingerprint density at radius 1 is 0.522 bits per heavy atom. The zero-order valence-corrected chi connectivity index (χ0v) is 61.4. The van der Waals surface area contributed by atoms with Gasteiger partial charge in [-0.15, -0.1) is 0 Å². The summed E-state index contributed by atoms with van der Waals surface area (Å²) >= 11 is 0. The van der Waals surface area contributed by atoms with Crippen LogP contribution in [0.2, 0.25) is 77.4 Å². The summed E-state index contributed by atoms with van der Waals surface area (Å²) in [6.07, 6.45) is 7.60. The molecule has 2 fully saturated rings. The minimum absolute atomic E-state index is 0. The van der Waals surface area contributed by atoms with E-state index in [2.05, 4.69) is 55.4 Å². The monoisotopic (exact) mass is 1280 g/mol. The van der Waals surface area contributed by atoms with Crippen molar-refractivity contribution in [3.05, 3.63) is 25.3 Å². The normalized spacial score (nSPS) is 28.1. The molecule has 2 rings (SSSR count). The first-order chi connectivity index (χ1) is 31.1. The molecular weight excluding hydrogens is 1180 g/mol. The predicted octanol–water partition coefficient (Wildman–Crippen LogP) is 7.31. The summed E-state index contributed by atoms with van der Waals surface area (Å²) in [6, 6.07) is 8.80. The summed E-state index contributed by atoms with van der Waals surface area (Å²) in [7, 11) is -13.2. The van der Waals surface area contributed by atoms with E-state index in [-0.39, 0.29) is 65.4 Å². The van der Waals surface area contributed by atoms with Crippen molar-refractivity contribution in [3.8, 4) is 0 Å². The zero-order chi connectivity index (χ0) is 50.2. The van der Waals surface area contributed by atoms with E-state index in [1.807, 2.05) is 13.8 Å². The molecule has 2 radical (unpaired) electrons. The largest absolute Gasteiger partial charge is 0.677 e. The predicted molar refractivity (Wildman–Crippen MR) is 297 cm³/mol. The van der Waals surface area contributed by atoms with Crippen LogP contribution in [-0.4, -0.2) is 154 Å². The van der Waals surface area contributed by atoms with Gasteiger partial charge in [0.15, 0.2) is 54.2 Å². The topological polar surface area (TPSA) is 232 Å². The second-order valence-electron chi connectivity index (χ2n) is 16.4. The Hall–Kier alpha value is 3.74. The second kappa shape index (κ2) is 50.5. The number of nitrogens with two attached hydrogens (primary N) is 2. The average Bonchev–Trinajstić information content (AvgIpc) is 3.33.